The number of hydrogen-bond donors (Lipinski definition) is 0. The van der Waals surface area contributed by atoms with E-state index in [2.05, 4.69) is 77.4 Å². The minimum absolute atomic E-state index is 0.0359. The van der Waals surface area contributed by atoms with Gasteiger partial charge in [0.05, 0.1) is 28.0 Å². The molecule has 7 aromatic rings. The van der Waals surface area contributed by atoms with Crippen LogP contribution in [0.25, 0.3) is 49.7 Å². The summed E-state index contributed by atoms with van der Waals surface area (Å²) in [6.07, 6.45) is 0. The Hall–Kier alpha value is -5.41. The number of carbonyl (C=O) groups excluding carboxylic acids is 1. The fourth-order valence-corrected chi connectivity index (χ4v) is 6.07. The van der Waals surface area contributed by atoms with Crippen molar-refractivity contribution >= 4 is 39.1 Å². The summed E-state index contributed by atoms with van der Waals surface area (Å²) in [4.78, 5) is 16.5. The molecule has 0 saturated carbocycles. The predicted molar refractivity (Wildman–Crippen MR) is 165 cm³/mol. The standard InChI is InChI=1S/C37H24N2O/c40-37-32-24-28(26-14-6-2-7-15-26)23-31-30-22-27(25-12-4-1-5-13-25)20-21-33(30)39(36(31)32)35-19-11-10-18-34(35)38(37)29-16-8-3-9-17-29/h1-24H. The van der Waals surface area contributed by atoms with Crippen molar-refractivity contribution in [3.05, 3.63) is 151 Å². The number of fused-ring (bicyclic) bond motifs is 5. The second-order valence-electron chi connectivity index (χ2n) is 10.2. The van der Waals surface area contributed by atoms with Crippen LogP contribution in [0.2, 0.25) is 0 Å². The quantitative estimate of drug-likeness (QED) is 0.231. The number of benzene rings is 6. The molecule has 8 rings (SSSR count). The third-order valence-corrected chi connectivity index (χ3v) is 7.89. The van der Waals surface area contributed by atoms with Gasteiger partial charge in [0.1, 0.15) is 0 Å². The van der Waals surface area contributed by atoms with Crippen LogP contribution in [0.4, 0.5) is 11.4 Å². The molecule has 2 heterocycles. The first kappa shape index (κ1) is 22.6. The maximum atomic E-state index is 14.6. The molecule has 40 heavy (non-hydrogen) atoms. The van der Waals surface area contributed by atoms with Crippen molar-refractivity contribution in [2.45, 2.75) is 0 Å². The number of anilines is 2. The molecule has 0 aliphatic carbocycles. The first-order chi connectivity index (χ1) is 19.8. The van der Waals surface area contributed by atoms with E-state index in [4.69, 9.17) is 0 Å². The molecule has 0 bridgehead atoms. The number of para-hydroxylation sites is 3. The van der Waals surface area contributed by atoms with Gasteiger partial charge in [0.25, 0.3) is 5.91 Å². The van der Waals surface area contributed by atoms with Crippen LogP contribution in [0.3, 0.4) is 0 Å². The molecule has 3 heteroatoms. The largest absolute Gasteiger partial charge is 0.306 e. The van der Waals surface area contributed by atoms with E-state index in [-0.39, 0.29) is 5.91 Å². The average Bonchev–Trinajstić information content (AvgIpc) is 3.30. The van der Waals surface area contributed by atoms with E-state index in [0.717, 1.165) is 55.6 Å². The Bertz CT molecular complexity index is 2060. The van der Waals surface area contributed by atoms with Crippen molar-refractivity contribution in [3.8, 4) is 27.9 Å². The number of rotatable bonds is 3. The zero-order valence-electron chi connectivity index (χ0n) is 21.7. The minimum Gasteiger partial charge on any atom is -0.306 e. The molecule has 6 aromatic carbocycles. The van der Waals surface area contributed by atoms with Crippen LogP contribution in [0.5, 0.6) is 0 Å². The van der Waals surface area contributed by atoms with Crippen LogP contribution in [0.15, 0.2) is 146 Å². The number of amides is 1. The highest BCUT2D eigenvalue weighted by atomic mass is 16.2. The Labute approximate surface area is 232 Å². The number of hydrogen-bond acceptors (Lipinski definition) is 1. The molecule has 0 atom stereocenters. The SMILES string of the molecule is O=C1c2cc(-c3ccccc3)cc3c4cc(-c5ccccc5)ccc4n(c23)-c2ccccc2N1c1ccccc1. The smallest absolute Gasteiger partial charge is 0.265 e. The number of nitrogens with zero attached hydrogens (tertiary/aromatic N) is 2. The van der Waals surface area contributed by atoms with Gasteiger partial charge in [-0.3, -0.25) is 9.69 Å². The Morgan fingerprint density at radius 2 is 1.02 bits per heavy atom. The fraction of sp³-hybridized carbons (Fsp3) is 0. The van der Waals surface area contributed by atoms with Crippen LogP contribution in [-0.4, -0.2) is 10.5 Å². The topological polar surface area (TPSA) is 25.2 Å². The van der Waals surface area contributed by atoms with Gasteiger partial charge in [0.2, 0.25) is 0 Å². The molecule has 1 aromatic heterocycles. The molecule has 0 fully saturated rings. The molecule has 0 spiro atoms. The van der Waals surface area contributed by atoms with Gasteiger partial charge in [0, 0.05) is 16.5 Å². The highest BCUT2D eigenvalue weighted by Crippen LogP contribution is 2.45. The van der Waals surface area contributed by atoms with E-state index in [1.807, 2.05) is 77.7 Å². The predicted octanol–water partition coefficient (Wildman–Crippen LogP) is 9.41. The minimum atomic E-state index is -0.0359. The van der Waals surface area contributed by atoms with Crippen LogP contribution < -0.4 is 4.90 Å². The third-order valence-electron chi connectivity index (χ3n) is 7.89. The number of aromatic nitrogens is 1. The van der Waals surface area contributed by atoms with Crippen LogP contribution in [0.1, 0.15) is 10.4 Å². The Morgan fingerprint density at radius 3 is 1.73 bits per heavy atom. The summed E-state index contributed by atoms with van der Waals surface area (Å²) in [5, 5.41) is 2.20. The molecule has 188 valence electrons. The molecule has 1 amide bonds. The summed E-state index contributed by atoms with van der Waals surface area (Å²) in [5.74, 6) is -0.0359. The molecule has 3 nitrogen and oxygen atoms in total. The lowest BCUT2D eigenvalue weighted by Gasteiger charge is -2.24. The monoisotopic (exact) mass is 512 g/mol. The van der Waals surface area contributed by atoms with E-state index in [0.29, 0.717) is 5.56 Å². The Morgan fingerprint density at radius 1 is 0.450 bits per heavy atom. The second-order valence-corrected chi connectivity index (χ2v) is 10.2. The highest BCUT2D eigenvalue weighted by Gasteiger charge is 2.31. The van der Waals surface area contributed by atoms with E-state index >= 15 is 0 Å². The van der Waals surface area contributed by atoms with E-state index in [9.17, 15) is 4.79 Å². The summed E-state index contributed by atoms with van der Waals surface area (Å²) in [7, 11) is 0. The van der Waals surface area contributed by atoms with Crippen molar-refractivity contribution < 1.29 is 4.79 Å². The summed E-state index contributed by atoms with van der Waals surface area (Å²) in [6, 6.07) is 49.9. The lowest BCUT2D eigenvalue weighted by Crippen LogP contribution is -2.25. The normalized spacial score (nSPS) is 12.5. The van der Waals surface area contributed by atoms with Gasteiger partial charge in [-0.05, 0) is 70.8 Å². The zero-order valence-corrected chi connectivity index (χ0v) is 21.7. The van der Waals surface area contributed by atoms with Gasteiger partial charge in [0.15, 0.2) is 0 Å². The van der Waals surface area contributed by atoms with Gasteiger partial charge >= 0.3 is 0 Å². The first-order valence-electron chi connectivity index (χ1n) is 13.5. The molecule has 1 aliphatic rings. The van der Waals surface area contributed by atoms with Crippen LogP contribution >= 0.6 is 0 Å². The maximum absolute atomic E-state index is 14.6. The Balaban J connectivity index is 1.52. The first-order valence-corrected chi connectivity index (χ1v) is 13.5. The summed E-state index contributed by atoms with van der Waals surface area (Å²) in [6.45, 7) is 0. The number of carbonyl (C=O) groups is 1. The highest BCUT2D eigenvalue weighted by molar-refractivity contribution is 6.25. The van der Waals surface area contributed by atoms with Crippen LogP contribution in [0, 0.1) is 0 Å². The third kappa shape index (κ3) is 3.35. The fourth-order valence-electron chi connectivity index (χ4n) is 6.07. The van der Waals surface area contributed by atoms with Gasteiger partial charge < -0.3 is 4.57 Å². The lowest BCUT2D eigenvalue weighted by atomic mass is 9.97. The van der Waals surface area contributed by atoms with E-state index in [1.54, 1.807) is 0 Å². The van der Waals surface area contributed by atoms with Crippen molar-refractivity contribution in [2.75, 3.05) is 4.90 Å². The van der Waals surface area contributed by atoms with Gasteiger partial charge in [-0.2, -0.15) is 0 Å². The summed E-state index contributed by atoms with van der Waals surface area (Å²) in [5.41, 5.74) is 9.84. The lowest BCUT2D eigenvalue weighted by molar-refractivity contribution is 0.100. The molecule has 0 N–H and O–H groups in total. The van der Waals surface area contributed by atoms with Gasteiger partial charge in [-0.15, -0.1) is 0 Å². The van der Waals surface area contributed by atoms with E-state index in [1.165, 1.54) is 5.56 Å². The molecule has 0 radical (unpaired) electrons. The molecular formula is C37H24N2O. The maximum Gasteiger partial charge on any atom is 0.265 e. The Kier molecular flexibility index (Phi) is 4.98. The van der Waals surface area contributed by atoms with Crippen molar-refractivity contribution in [3.63, 3.8) is 0 Å². The average molecular weight is 513 g/mol. The van der Waals surface area contributed by atoms with E-state index < -0.39 is 0 Å². The van der Waals surface area contributed by atoms with Gasteiger partial charge in [-0.1, -0.05) is 97.1 Å². The second kappa shape index (κ2) is 8.82. The molecule has 1 aliphatic heterocycles. The van der Waals surface area contributed by atoms with Crippen LogP contribution in [-0.2, 0) is 0 Å². The van der Waals surface area contributed by atoms with Crippen molar-refractivity contribution in [2.24, 2.45) is 0 Å². The van der Waals surface area contributed by atoms with Crippen molar-refractivity contribution in [1.82, 2.24) is 4.57 Å². The molecule has 0 saturated heterocycles. The summed E-state index contributed by atoms with van der Waals surface area (Å²) >= 11 is 0. The van der Waals surface area contributed by atoms with Crippen molar-refractivity contribution in [1.29, 1.82) is 0 Å². The van der Waals surface area contributed by atoms with Gasteiger partial charge in [-0.25, -0.2) is 0 Å². The molecule has 0 unspecified atom stereocenters. The molecular weight excluding hydrogens is 488 g/mol. The summed E-state index contributed by atoms with van der Waals surface area (Å²) < 4.78 is 2.28. The zero-order chi connectivity index (χ0) is 26.6.